The van der Waals surface area contributed by atoms with Crippen LogP contribution in [0.15, 0.2) is 36.4 Å². The fraction of sp³-hybridized carbons (Fsp3) is 0.350. The van der Waals surface area contributed by atoms with Crippen LogP contribution in [0, 0.1) is 0 Å². The second-order valence-corrected chi connectivity index (χ2v) is 7.32. The number of nitrogens with zero attached hydrogens (tertiary/aromatic N) is 1. The van der Waals surface area contributed by atoms with E-state index in [1.54, 1.807) is 0 Å². The molecule has 1 atom stereocenters. The fourth-order valence-electron chi connectivity index (χ4n) is 3.65. The second-order valence-electron chi connectivity index (χ2n) is 6.92. The Morgan fingerprint density at radius 1 is 1.12 bits per heavy atom. The lowest BCUT2D eigenvalue weighted by atomic mass is 10.0. The summed E-state index contributed by atoms with van der Waals surface area (Å²) >= 11 is 6.48. The van der Waals surface area contributed by atoms with Crippen molar-refractivity contribution in [2.45, 2.75) is 31.5 Å². The summed E-state index contributed by atoms with van der Waals surface area (Å²) in [5, 5.41) is 4.03. The van der Waals surface area contributed by atoms with Crippen LogP contribution in [0.4, 0.5) is 5.69 Å². The molecule has 0 bridgehead atoms. The van der Waals surface area contributed by atoms with Crippen molar-refractivity contribution in [2.75, 3.05) is 18.5 Å². The molecule has 5 nitrogen and oxygen atoms in total. The van der Waals surface area contributed by atoms with Crippen molar-refractivity contribution in [2.24, 2.45) is 0 Å². The van der Waals surface area contributed by atoms with Gasteiger partial charge in [0.05, 0.1) is 23.8 Å². The van der Waals surface area contributed by atoms with Gasteiger partial charge < -0.3 is 19.7 Å². The molecule has 1 aliphatic carbocycles. The monoisotopic (exact) mass is 370 g/mol. The zero-order valence-corrected chi connectivity index (χ0v) is 15.0. The van der Waals surface area contributed by atoms with Crippen molar-refractivity contribution in [3.63, 3.8) is 0 Å². The number of carbonyl (C=O) groups is 1. The molecule has 1 fully saturated rings. The molecular weight excluding hydrogens is 352 g/mol. The van der Waals surface area contributed by atoms with Gasteiger partial charge in [0, 0.05) is 23.7 Å². The van der Waals surface area contributed by atoms with Gasteiger partial charge in [-0.25, -0.2) is 0 Å². The van der Waals surface area contributed by atoms with Crippen LogP contribution in [0.1, 0.15) is 41.3 Å². The van der Waals surface area contributed by atoms with E-state index in [1.807, 2.05) is 41.3 Å². The van der Waals surface area contributed by atoms with Gasteiger partial charge in [0.2, 0.25) is 0 Å². The number of carbonyl (C=O) groups excluding carboxylic acids is 1. The maximum atomic E-state index is 13.1. The number of ether oxygens (including phenoxy) is 2. The van der Waals surface area contributed by atoms with E-state index in [-0.39, 0.29) is 18.1 Å². The van der Waals surface area contributed by atoms with E-state index < -0.39 is 0 Å². The first-order valence-corrected chi connectivity index (χ1v) is 9.37. The molecule has 0 aromatic heterocycles. The zero-order chi connectivity index (χ0) is 17.7. The van der Waals surface area contributed by atoms with Crippen LogP contribution in [0.5, 0.6) is 11.5 Å². The summed E-state index contributed by atoms with van der Waals surface area (Å²) in [4.78, 5) is 15.1. The maximum Gasteiger partial charge on any atom is 0.258 e. The third kappa shape index (κ3) is 2.58. The van der Waals surface area contributed by atoms with Gasteiger partial charge in [-0.1, -0.05) is 23.7 Å². The number of amides is 1. The third-order valence-electron chi connectivity index (χ3n) is 5.04. The zero-order valence-electron chi connectivity index (χ0n) is 14.2. The van der Waals surface area contributed by atoms with E-state index >= 15 is 0 Å². The summed E-state index contributed by atoms with van der Waals surface area (Å²) in [7, 11) is 0. The Bertz CT molecular complexity index is 881. The lowest BCUT2D eigenvalue weighted by molar-refractivity contribution is 0.0666. The number of benzene rings is 2. The van der Waals surface area contributed by atoms with Crippen molar-refractivity contribution < 1.29 is 14.3 Å². The van der Waals surface area contributed by atoms with Crippen LogP contribution in [0.2, 0.25) is 5.02 Å². The lowest BCUT2D eigenvalue weighted by Gasteiger charge is -2.38. The summed E-state index contributed by atoms with van der Waals surface area (Å²) in [5.41, 5.74) is 2.48. The lowest BCUT2D eigenvalue weighted by Crippen LogP contribution is -2.44. The molecule has 3 aliphatic rings. The third-order valence-corrected chi connectivity index (χ3v) is 5.32. The van der Waals surface area contributed by atoms with E-state index in [0.29, 0.717) is 29.7 Å². The van der Waals surface area contributed by atoms with Crippen LogP contribution >= 0.6 is 11.6 Å². The standard InChI is InChI=1S/C20H19ClN2O3/c21-15-10-12(11-17-18(15)26-9-3-8-25-17)19-22-16-5-2-1-4-14(16)20(24)23(19)13-6-7-13/h1-2,4-5,10-11,13,19,22H,3,6-9H2/t19-/m0/s1. The molecule has 0 unspecified atom stereocenters. The van der Waals surface area contributed by atoms with Crippen molar-refractivity contribution >= 4 is 23.2 Å². The highest BCUT2D eigenvalue weighted by molar-refractivity contribution is 6.32. The number of halogens is 1. The van der Waals surface area contributed by atoms with Gasteiger partial charge >= 0.3 is 0 Å². The normalized spacial score (nSPS) is 21.7. The topological polar surface area (TPSA) is 50.8 Å². The molecule has 5 rings (SSSR count). The predicted molar refractivity (Wildman–Crippen MR) is 99.1 cm³/mol. The Kier molecular flexibility index (Phi) is 3.71. The minimum atomic E-state index is -0.264. The first-order chi connectivity index (χ1) is 12.7. The summed E-state index contributed by atoms with van der Waals surface area (Å²) in [6.07, 6.45) is 2.62. The Morgan fingerprint density at radius 2 is 1.92 bits per heavy atom. The Morgan fingerprint density at radius 3 is 2.77 bits per heavy atom. The van der Waals surface area contributed by atoms with Crippen LogP contribution in [-0.2, 0) is 0 Å². The van der Waals surface area contributed by atoms with Crippen molar-refractivity contribution in [3.8, 4) is 11.5 Å². The molecule has 26 heavy (non-hydrogen) atoms. The van der Waals surface area contributed by atoms with Gasteiger partial charge in [-0.05, 0) is 37.1 Å². The highest BCUT2D eigenvalue weighted by Gasteiger charge is 2.42. The van der Waals surface area contributed by atoms with E-state index in [9.17, 15) is 4.79 Å². The van der Waals surface area contributed by atoms with Crippen molar-refractivity contribution in [1.82, 2.24) is 4.90 Å². The number of hydrogen-bond donors (Lipinski definition) is 1. The minimum absolute atomic E-state index is 0.0649. The maximum absolute atomic E-state index is 13.1. The number of nitrogens with one attached hydrogen (secondary N) is 1. The molecule has 2 aromatic carbocycles. The van der Waals surface area contributed by atoms with Gasteiger partial charge in [-0.2, -0.15) is 0 Å². The highest BCUT2D eigenvalue weighted by atomic mass is 35.5. The average Bonchev–Trinajstić information content (AvgIpc) is 3.48. The number of anilines is 1. The molecule has 0 radical (unpaired) electrons. The largest absolute Gasteiger partial charge is 0.489 e. The number of rotatable bonds is 2. The fourth-order valence-corrected chi connectivity index (χ4v) is 3.92. The van der Waals surface area contributed by atoms with Gasteiger partial charge in [0.1, 0.15) is 6.17 Å². The number of para-hydroxylation sites is 1. The van der Waals surface area contributed by atoms with E-state index in [1.165, 1.54) is 0 Å². The highest BCUT2D eigenvalue weighted by Crippen LogP contribution is 2.45. The molecular formula is C20H19ClN2O3. The van der Waals surface area contributed by atoms with Gasteiger partial charge in [0.15, 0.2) is 11.5 Å². The minimum Gasteiger partial charge on any atom is -0.489 e. The molecule has 1 saturated carbocycles. The average molecular weight is 371 g/mol. The quantitative estimate of drug-likeness (QED) is 0.859. The molecule has 2 heterocycles. The molecule has 0 saturated heterocycles. The van der Waals surface area contributed by atoms with E-state index in [4.69, 9.17) is 21.1 Å². The Hall–Kier alpha value is -2.40. The summed E-state index contributed by atoms with van der Waals surface area (Å²) in [5.74, 6) is 1.30. The number of hydrogen-bond acceptors (Lipinski definition) is 4. The molecule has 1 amide bonds. The summed E-state index contributed by atoms with van der Waals surface area (Å²) < 4.78 is 11.6. The first-order valence-electron chi connectivity index (χ1n) is 8.99. The van der Waals surface area contributed by atoms with Crippen LogP contribution in [0.25, 0.3) is 0 Å². The molecule has 1 N–H and O–H groups in total. The van der Waals surface area contributed by atoms with Gasteiger partial charge in [-0.15, -0.1) is 0 Å². The Balaban J connectivity index is 1.59. The first kappa shape index (κ1) is 15.8. The van der Waals surface area contributed by atoms with Crippen LogP contribution in [-0.4, -0.2) is 30.1 Å². The molecule has 6 heteroatoms. The SMILES string of the molecule is O=C1c2ccccc2N[C@H](c2cc(Cl)c3c(c2)OCCCO3)N1C1CC1. The Labute approximate surface area is 156 Å². The van der Waals surface area contributed by atoms with Gasteiger partial charge in [0.25, 0.3) is 5.91 Å². The van der Waals surface area contributed by atoms with E-state index in [0.717, 1.165) is 36.1 Å². The summed E-state index contributed by atoms with van der Waals surface area (Å²) in [6, 6.07) is 11.7. The second kappa shape index (κ2) is 6.09. The smallest absolute Gasteiger partial charge is 0.258 e. The van der Waals surface area contributed by atoms with Crippen LogP contribution < -0.4 is 14.8 Å². The van der Waals surface area contributed by atoms with E-state index in [2.05, 4.69) is 5.32 Å². The molecule has 134 valence electrons. The summed E-state index contributed by atoms with van der Waals surface area (Å²) in [6.45, 7) is 1.19. The molecule has 2 aromatic rings. The predicted octanol–water partition coefficient (Wildman–Crippen LogP) is 4.23. The molecule has 0 spiro atoms. The number of fused-ring (bicyclic) bond motifs is 2. The van der Waals surface area contributed by atoms with Crippen molar-refractivity contribution in [1.29, 1.82) is 0 Å². The molecule has 2 aliphatic heterocycles. The van der Waals surface area contributed by atoms with Crippen LogP contribution in [0.3, 0.4) is 0 Å². The van der Waals surface area contributed by atoms with Crippen molar-refractivity contribution in [3.05, 3.63) is 52.5 Å². The van der Waals surface area contributed by atoms with Gasteiger partial charge in [-0.3, -0.25) is 4.79 Å².